The predicted octanol–water partition coefficient (Wildman–Crippen LogP) is 4.08. The van der Waals surface area contributed by atoms with Crippen molar-refractivity contribution in [3.05, 3.63) is 70.5 Å². The van der Waals surface area contributed by atoms with E-state index in [1.165, 1.54) is 0 Å². The van der Waals surface area contributed by atoms with Gasteiger partial charge in [0.2, 0.25) is 5.82 Å². The van der Waals surface area contributed by atoms with Crippen LogP contribution >= 0.6 is 0 Å². The van der Waals surface area contributed by atoms with Gasteiger partial charge in [0.15, 0.2) is 0 Å². The number of tetrazole rings is 1. The van der Waals surface area contributed by atoms with E-state index in [2.05, 4.69) is 39.5 Å². The van der Waals surface area contributed by atoms with E-state index in [1.807, 2.05) is 57.9 Å². The van der Waals surface area contributed by atoms with Gasteiger partial charge in [-0.3, -0.25) is 14.1 Å². The lowest BCUT2D eigenvalue weighted by Gasteiger charge is -2.09. The summed E-state index contributed by atoms with van der Waals surface area (Å²) >= 11 is 0. The molecule has 0 unspecified atom stereocenters. The molecule has 0 fully saturated rings. The summed E-state index contributed by atoms with van der Waals surface area (Å²) in [6.07, 6.45) is 9.08. The first-order valence-electron chi connectivity index (χ1n) is 11.3. The molecule has 8 nitrogen and oxygen atoms in total. The third kappa shape index (κ3) is 4.69. The maximum absolute atomic E-state index is 13.0. The van der Waals surface area contributed by atoms with E-state index in [-0.39, 0.29) is 5.69 Å². The number of nitrogens with one attached hydrogen (secondary N) is 1. The number of aryl methyl sites for hydroxylation is 2. The topological polar surface area (TPSA) is 94.3 Å². The first-order chi connectivity index (χ1) is 15.7. The molecule has 0 atom stereocenters. The SMILES string of the molecule is CCCCCn1cc(CCC)n(Cc2ccc(-c3ccccc3-c3nn[nH]n3)nc2)c1=O. The average Bonchev–Trinajstić information content (AvgIpc) is 3.45. The number of rotatable bonds is 10. The van der Waals surface area contributed by atoms with E-state index in [1.54, 1.807) is 0 Å². The zero-order valence-corrected chi connectivity index (χ0v) is 18.7. The van der Waals surface area contributed by atoms with Crippen molar-refractivity contribution in [2.24, 2.45) is 0 Å². The van der Waals surface area contributed by atoms with Crippen molar-refractivity contribution in [3.63, 3.8) is 0 Å². The second-order valence-electron chi connectivity index (χ2n) is 7.97. The quantitative estimate of drug-likeness (QED) is 0.382. The summed E-state index contributed by atoms with van der Waals surface area (Å²) in [6, 6.07) is 11.9. The molecule has 4 aromatic rings. The number of H-pyrrole nitrogens is 1. The maximum atomic E-state index is 13.0. The Bertz CT molecular complexity index is 1190. The van der Waals surface area contributed by atoms with Crippen molar-refractivity contribution in [2.75, 3.05) is 0 Å². The van der Waals surface area contributed by atoms with Crippen LogP contribution in [-0.4, -0.2) is 34.7 Å². The van der Waals surface area contributed by atoms with Gasteiger partial charge in [-0.05, 0) is 29.7 Å². The fourth-order valence-corrected chi connectivity index (χ4v) is 3.94. The van der Waals surface area contributed by atoms with Crippen LogP contribution in [0.2, 0.25) is 0 Å². The Morgan fingerprint density at radius 3 is 2.53 bits per heavy atom. The smallest absolute Gasteiger partial charge is 0.299 e. The maximum Gasteiger partial charge on any atom is 0.328 e. The van der Waals surface area contributed by atoms with Gasteiger partial charge in [-0.1, -0.05) is 63.4 Å². The lowest BCUT2D eigenvalue weighted by atomic mass is 10.0. The zero-order chi connectivity index (χ0) is 22.3. The fourth-order valence-electron chi connectivity index (χ4n) is 3.94. The first kappa shape index (κ1) is 21.7. The molecule has 4 rings (SSSR count). The molecule has 0 saturated heterocycles. The Morgan fingerprint density at radius 2 is 1.84 bits per heavy atom. The fraction of sp³-hybridized carbons (Fsp3) is 0.375. The highest BCUT2D eigenvalue weighted by Gasteiger charge is 2.14. The first-order valence-corrected chi connectivity index (χ1v) is 11.3. The summed E-state index contributed by atoms with van der Waals surface area (Å²) < 4.78 is 3.75. The van der Waals surface area contributed by atoms with Crippen molar-refractivity contribution in [3.8, 4) is 22.6 Å². The molecule has 0 aliphatic rings. The van der Waals surface area contributed by atoms with Gasteiger partial charge in [-0.25, -0.2) is 4.79 Å². The van der Waals surface area contributed by atoms with Crippen molar-refractivity contribution in [2.45, 2.75) is 59.0 Å². The molecule has 0 spiro atoms. The van der Waals surface area contributed by atoms with Crippen LogP contribution in [0.25, 0.3) is 22.6 Å². The molecule has 1 aromatic carbocycles. The number of aromatic amines is 1. The molecule has 0 aliphatic carbocycles. The molecule has 166 valence electrons. The number of hydrogen-bond donors (Lipinski definition) is 1. The molecular weight excluding hydrogens is 402 g/mol. The standard InChI is InChI=1S/C24H29N7O/c1-3-5-8-14-30-17-19(9-4-2)31(24(30)32)16-18-12-13-22(25-15-18)20-10-6-7-11-21(20)23-26-28-29-27-23/h6-7,10-13,15,17H,3-5,8-9,14,16H2,1-2H3,(H,26,27,28,29). The largest absolute Gasteiger partial charge is 0.328 e. The van der Waals surface area contributed by atoms with E-state index >= 15 is 0 Å². The molecule has 1 N–H and O–H groups in total. The van der Waals surface area contributed by atoms with Gasteiger partial charge in [-0.2, -0.15) is 5.21 Å². The summed E-state index contributed by atoms with van der Waals surface area (Å²) in [5.41, 5.74) is 4.78. The van der Waals surface area contributed by atoms with Crippen LogP contribution in [-0.2, 0) is 19.5 Å². The summed E-state index contributed by atoms with van der Waals surface area (Å²) in [7, 11) is 0. The number of hydrogen-bond acceptors (Lipinski definition) is 5. The number of benzene rings is 1. The van der Waals surface area contributed by atoms with Crippen LogP contribution < -0.4 is 5.69 Å². The normalized spacial score (nSPS) is 11.2. The molecule has 0 aliphatic heterocycles. The molecule has 3 aromatic heterocycles. The van der Waals surface area contributed by atoms with Crippen LogP contribution in [0.5, 0.6) is 0 Å². The van der Waals surface area contributed by atoms with Crippen LogP contribution in [0.4, 0.5) is 0 Å². The second-order valence-corrected chi connectivity index (χ2v) is 7.97. The lowest BCUT2D eigenvalue weighted by Crippen LogP contribution is -2.25. The van der Waals surface area contributed by atoms with Crippen molar-refractivity contribution < 1.29 is 0 Å². The summed E-state index contributed by atoms with van der Waals surface area (Å²) in [4.78, 5) is 17.7. The molecule has 32 heavy (non-hydrogen) atoms. The molecule has 0 saturated carbocycles. The minimum atomic E-state index is 0.0658. The van der Waals surface area contributed by atoms with Crippen LogP contribution in [0.15, 0.2) is 53.6 Å². The molecule has 0 amide bonds. The number of unbranched alkanes of at least 4 members (excludes halogenated alkanes) is 2. The third-order valence-corrected chi connectivity index (χ3v) is 5.59. The highest BCUT2D eigenvalue weighted by Crippen LogP contribution is 2.28. The van der Waals surface area contributed by atoms with E-state index in [0.717, 1.165) is 66.7 Å². The van der Waals surface area contributed by atoms with Crippen molar-refractivity contribution in [1.29, 1.82) is 0 Å². The highest BCUT2D eigenvalue weighted by molar-refractivity contribution is 5.78. The van der Waals surface area contributed by atoms with Crippen molar-refractivity contribution >= 4 is 0 Å². The highest BCUT2D eigenvalue weighted by atomic mass is 16.1. The molecule has 0 bridgehead atoms. The van der Waals surface area contributed by atoms with Gasteiger partial charge >= 0.3 is 5.69 Å². The minimum absolute atomic E-state index is 0.0658. The Hall–Kier alpha value is -3.55. The van der Waals surface area contributed by atoms with Crippen LogP contribution in [0.3, 0.4) is 0 Å². The Morgan fingerprint density at radius 1 is 1.00 bits per heavy atom. The zero-order valence-electron chi connectivity index (χ0n) is 18.7. The van der Waals surface area contributed by atoms with E-state index < -0.39 is 0 Å². The van der Waals surface area contributed by atoms with Gasteiger partial charge in [0.05, 0.1) is 12.2 Å². The minimum Gasteiger partial charge on any atom is -0.299 e. The van der Waals surface area contributed by atoms with Crippen molar-refractivity contribution in [1.82, 2.24) is 34.7 Å². The van der Waals surface area contributed by atoms with Gasteiger partial charge in [0.1, 0.15) is 0 Å². The number of pyridine rings is 1. The molecular formula is C24H29N7O. The van der Waals surface area contributed by atoms with Gasteiger partial charge < -0.3 is 0 Å². The monoisotopic (exact) mass is 431 g/mol. The lowest BCUT2D eigenvalue weighted by molar-refractivity contribution is 0.573. The predicted molar refractivity (Wildman–Crippen MR) is 124 cm³/mol. The Labute approximate surface area is 187 Å². The average molecular weight is 432 g/mol. The number of aromatic nitrogens is 7. The van der Waals surface area contributed by atoms with Crippen LogP contribution in [0.1, 0.15) is 50.8 Å². The van der Waals surface area contributed by atoms with Gasteiger partial charge in [0, 0.05) is 35.8 Å². The van der Waals surface area contributed by atoms with E-state index in [0.29, 0.717) is 12.4 Å². The number of imidazole rings is 1. The van der Waals surface area contributed by atoms with E-state index in [4.69, 9.17) is 0 Å². The van der Waals surface area contributed by atoms with Crippen LogP contribution in [0, 0.1) is 0 Å². The summed E-state index contributed by atoms with van der Waals surface area (Å²) in [5, 5.41) is 14.3. The molecule has 3 heterocycles. The molecule has 0 radical (unpaired) electrons. The van der Waals surface area contributed by atoms with E-state index in [9.17, 15) is 4.79 Å². The van der Waals surface area contributed by atoms with Gasteiger partial charge in [0.25, 0.3) is 0 Å². The Kier molecular flexibility index (Phi) is 6.89. The summed E-state index contributed by atoms with van der Waals surface area (Å²) in [6.45, 7) is 5.61. The van der Waals surface area contributed by atoms with Gasteiger partial charge in [-0.15, -0.1) is 10.2 Å². The summed E-state index contributed by atoms with van der Waals surface area (Å²) in [5.74, 6) is 0.534. The molecule has 8 heteroatoms. The number of nitrogens with zero attached hydrogens (tertiary/aromatic N) is 6. The Balaban J connectivity index is 1.58. The third-order valence-electron chi connectivity index (χ3n) is 5.59. The second kappa shape index (κ2) is 10.2.